The minimum atomic E-state index is 0.461. The number of hydrogen-bond acceptors (Lipinski definition) is 7. The van der Waals surface area contributed by atoms with Crippen LogP contribution in [0.1, 0.15) is 5.56 Å². The van der Waals surface area contributed by atoms with Gasteiger partial charge in [-0.1, -0.05) is 42.5 Å². The van der Waals surface area contributed by atoms with Crippen LogP contribution in [0.3, 0.4) is 0 Å². The van der Waals surface area contributed by atoms with Crippen LogP contribution in [0.15, 0.2) is 97.5 Å². The molecule has 0 spiro atoms. The second-order valence-corrected chi connectivity index (χ2v) is 9.22. The summed E-state index contributed by atoms with van der Waals surface area (Å²) in [4.78, 5) is 22.2. The molecule has 40 heavy (non-hydrogen) atoms. The lowest BCUT2D eigenvalue weighted by molar-refractivity contribution is 0.305. The predicted octanol–water partition coefficient (Wildman–Crippen LogP) is 6.21. The van der Waals surface area contributed by atoms with Gasteiger partial charge in [-0.3, -0.25) is 15.1 Å². The molecule has 7 aromatic rings. The molecular weight excluding hydrogens is 502 g/mol. The number of aromatic nitrogens is 7. The highest BCUT2D eigenvalue weighted by Gasteiger charge is 2.18. The zero-order chi connectivity index (χ0) is 26.9. The summed E-state index contributed by atoms with van der Waals surface area (Å²) in [5.41, 5.74) is 8.06. The molecule has 9 nitrogen and oxygen atoms in total. The van der Waals surface area contributed by atoms with Crippen molar-refractivity contribution in [1.82, 2.24) is 35.1 Å². The molecule has 2 aromatic carbocycles. The Balaban J connectivity index is 1.24. The Kier molecular flexibility index (Phi) is 5.86. The lowest BCUT2D eigenvalue weighted by atomic mass is 10.1. The van der Waals surface area contributed by atoms with E-state index in [1.165, 1.54) is 0 Å². The molecule has 0 amide bonds. The Morgan fingerprint density at radius 3 is 2.52 bits per heavy atom. The smallest absolute Gasteiger partial charge is 0.161 e. The number of methoxy groups -OCH3 is 1. The first-order valence-corrected chi connectivity index (χ1v) is 12.7. The van der Waals surface area contributed by atoms with Gasteiger partial charge in [0.15, 0.2) is 11.5 Å². The fourth-order valence-electron chi connectivity index (χ4n) is 4.63. The number of imidazole rings is 1. The summed E-state index contributed by atoms with van der Waals surface area (Å²) in [7, 11) is 1.65. The van der Waals surface area contributed by atoms with Crippen LogP contribution < -0.4 is 9.47 Å². The highest BCUT2D eigenvalue weighted by atomic mass is 16.5. The summed E-state index contributed by atoms with van der Waals surface area (Å²) in [5, 5.41) is 7.62. The summed E-state index contributed by atoms with van der Waals surface area (Å²) in [6.45, 7) is 0.461. The van der Waals surface area contributed by atoms with Gasteiger partial charge < -0.3 is 14.5 Å². The molecule has 0 bridgehead atoms. The van der Waals surface area contributed by atoms with Crippen LogP contribution in [0.25, 0.3) is 56.1 Å². The third kappa shape index (κ3) is 4.39. The quantitative estimate of drug-likeness (QED) is 0.254. The molecule has 0 fully saturated rings. The number of pyridine rings is 3. The predicted molar refractivity (Wildman–Crippen MR) is 153 cm³/mol. The zero-order valence-corrected chi connectivity index (χ0v) is 21.5. The van der Waals surface area contributed by atoms with E-state index in [-0.39, 0.29) is 0 Å². The Morgan fingerprint density at radius 2 is 1.62 bits per heavy atom. The molecule has 0 aliphatic carbocycles. The summed E-state index contributed by atoms with van der Waals surface area (Å²) in [6.07, 6.45) is 5.24. The van der Waals surface area contributed by atoms with Crippen LogP contribution in [0.2, 0.25) is 0 Å². The van der Waals surface area contributed by atoms with Crippen molar-refractivity contribution in [3.05, 3.63) is 103 Å². The van der Waals surface area contributed by atoms with E-state index >= 15 is 0 Å². The van der Waals surface area contributed by atoms with Crippen molar-refractivity contribution in [3.8, 4) is 45.5 Å². The van der Waals surface area contributed by atoms with Crippen LogP contribution in [-0.4, -0.2) is 42.2 Å². The number of hydrogen-bond donors (Lipinski definition) is 2. The van der Waals surface area contributed by atoms with Crippen LogP contribution >= 0.6 is 0 Å². The van der Waals surface area contributed by atoms with E-state index in [0.717, 1.165) is 50.4 Å². The first-order valence-electron chi connectivity index (χ1n) is 12.7. The molecule has 0 unspecified atom stereocenters. The number of ether oxygens (including phenoxy) is 2. The van der Waals surface area contributed by atoms with E-state index < -0.39 is 0 Å². The fraction of sp³-hybridized carbons (Fsp3) is 0.0645. The Hall–Kier alpha value is -5.57. The number of rotatable bonds is 7. The lowest BCUT2D eigenvalue weighted by Crippen LogP contribution is -1.96. The SMILES string of the molecule is COc1cccc(-c2nccc3[nH]c(-c4n[nH]c5ccc(-c6cncc(OCc7ccccc7)c6)nc45)nc23)c1. The fourth-order valence-corrected chi connectivity index (χ4v) is 4.63. The number of nitrogens with zero attached hydrogens (tertiary/aromatic N) is 5. The average molecular weight is 526 g/mol. The molecule has 5 heterocycles. The highest BCUT2D eigenvalue weighted by Crippen LogP contribution is 2.32. The summed E-state index contributed by atoms with van der Waals surface area (Å²) >= 11 is 0. The van der Waals surface area contributed by atoms with Crippen LogP contribution in [0, 0.1) is 0 Å². The lowest BCUT2D eigenvalue weighted by Gasteiger charge is -2.08. The third-order valence-corrected chi connectivity index (χ3v) is 6.63. The van der Waals surface area contributed by atoms with Crippen molar-refractivity contribution in [2.45, 2.75) is 6.61 Å². The zero-order valence-electron chi connectivity index (χ0n) is 21.5. The molecule has 9 heteroatoms. The average Bonchev–Trinajstić information content (AvgIpc) is 3.64. The van der Waals surface area contributed by atoms with E-state index in [9.17, 15) is 0 Å². The van der Waals surface area contributed by atoms with Gasteiger partial charge in [0.05, 0.1) is 35.7 Å². The van der Waals surface area contributed by atoms with Crippen molar-refractivity contribution >= 4 is 22.1 Å². The van der Waals surface area contributed by atoms with Crippen molar-refractivity contribution < 1.29 is 9.47 Å². The standard InChI is InChI=1S/C31H23N7O2/c1-39-22-9-5-8-20(14-22)27-28-25(12-13-33-27)35-31(36-28)30-29-26(37-38-30)11-10-24(34-29)21-15-23(17-32-16-21)40-18-19-6-3-2-4-7-19/h2-17H,18H2,1H3,(H,35,36)(H,37,38). The van der Waals surface area contributed by atoms with E-state index in [2.05, 4.69) is 25.1 Å². The first-order chi connectivity index (χ1) is 19.7. The third-order valence-electron chi connectivity index (χ3n) is 6.63. The van der Waals surface area contributed by atoms with Gasteiger partial charge in [-0.05, 0) is 42.0 Å². The molecule has 0 saturated heterocycles. The first kappa shape index (κ1) is 23.5. The van der Waals surface area contributed by atoms with E-state index in [1.54, 1.807) is 25.7 Å². The molecule has 0 aliphatic heterocycles. The monoisotopic (exact) mass is 525 g/mol. The maximum absolute atomic E-state index is 5.98. The van der Waals surface area contributed by atoms with Crippen LogP contribution in [0.4, 0.5) is 0 Å². The van der Waals surface area contributed by atoms with Crippen LogP contribution in [-0.2, 0) is 6.61 Å². The summed E-state index contributed by atoms with van der Waals surface area (Å²) in [5.74, 6) is 2.03. The van der Waals surface area contributed by atoms with Crippen molar-refractivity contribution in [2.24, 2.45) is 0 Å². The largest absolute Gasteiger partial charge is 0.497 e. The minimum absolute atomic E-state index is 0.461. The number of aromatic amines is 2. The van der Waals surface area contributed by atoms with Gasteiger partial charge in [-0.25, -0.2) is 9.97 Å². The van der Waals surface area contributed by atoms with Crippen molar-refractivity contribution in [2.75, 3.05) is 7.11 Å². The minimum Gasteiger partial charge on any atom is -0.497 e. The molecule has 5 aromatic heterocycles. The van der Waals surface area contributed by atoms with Gasteiger partial charge in [0.2, 0.25) is 0 Å². The number of nitrogens with one attached hydrogen (secondary N) is 2. The number of benzene rings is 2. The molecule has 194 valence electrons. The van der Waals surface area contributed by atoms with Crippen LogP contribution in [0.5, 0.6) is 11.5 Å². The molecule has 0 radical (unpaired) electrons. The highest BCUT2D eigenvalue weighted by molar-refractivity contribution is 5.95. The van der Waals surface area contributed by atoms with Gasteiger partial charge in [0, 0.05) is 23.5 Å². The Labute approximate surface area is 228 Å². The molecule has 7 rings (SSSR count). The van der Waals surface area contributed by atoms with E-state index in [0.29, 0.717) is 29.4 Å². The molecule has 0 saturated carbocycles. The normalized spacial score (nSPS) is 11.2. The van der Waals surface area contributed by atoms with Gasteiger partial charge in [-0.15, -0.1) is 0 Å². The van der Waals surface area contributed by atoms with E-state index in [1.807, 2.05) is 78.9 Å². The van der Waals surface area contributed by atoms with Crippen molar-refractivity contribution in [3.63, 3.8) is 0 Å². The van der Waals surface area contributed by atoms with Gasteiger partial charge in [0.1, 0.15) is 29.1 Å². The number of H-pyrrole nitrogens is 2. The van der Waals surface area contributed by atoms with E-state index in [4.69, 9.17) is 19.4 Å². The maximum Gasteiger partial charge on any atom is 0.161 e. The second-order valence-electron chi connectivity index (χ2n) is 9.22. The number of fused-ring (bicyclic) bond motifs is 2. The summed E-state index contributed by atoms with van der Waals surface area (Å²) in [6, 6.07) is 25.5. The molecular formula is C31H23N7O2. The molecule has 0 atom stereocenters. The molecule has 0 aliphatic rings. The topological polar surface area (TPSA) is 114 Å². The Bertz CT molecular complexity index is 1960. The Morgan fingerprint density at radius 1 is 0.750 bits per heavy atom. The van der Waals surface area contributed by atoms with Gasteiger partial charge in [-0.2, -0.15) is 5.10 Å². The second kappa shape index (κ2) is 9.95. The van der Waals surface area contributed by atoms with Gasteiger partial charge in [0.25, 0.3) is 0 Å². The van der Waals surface area contributed by atoms with Crippen molar-refractivity contribution in [1.29, 1.82) is 0 Å². The van der Waals surface area contributed by atoms with Gasteiger partial charge >= 0.3 is 0 Å². The maximum atomic E-state index is 5.98. The molecule has 2 N–H and O–H groups in total. The summed E-state index contributed by atoms with van der Waals surface area (Å²) < 4.78 is 11.4.